The number of hydrogen-bond donors (Lipinski definition) is 1. The molecule has 0 aromatic carbocycles. The van der Waals surface area contributed by atoms with Crippen molar-refractivity contribution in [2.75, 3.05) is 25.9 Å². The minimum absolute atomic E-state index is 0.602. The van der Waals surface area contributed by atoms with E-state index in [9.17, 15) is 0 Å². The van der Waals surface area contributed by atoms with Crippen molar-refractivity contribution >= 4 is 11.8 Å². The Hall–Kier alpha value is 0.270. The zero-order valence-electron chi connectivity index (χ0n) is 11.0. The van der Waals surface area contributed by atoms with Crippen LogP contribution in [0.1, 0.15) is 39.5 Å². The number of nitrogens with zero attached hydrogens (tertiary/aromatic N) is 1. The van der Waals surface area contributed by atoms with Crippen molar-refractivity contribution in [3.8, 4) is 0 Å². The SMILES string of the molecule is CCC1CNC(C)CN1CC1(SC)CCC1. The molecule has 1 aliphatic heterocycles. The van der Waals surface area contributed by atoms with Crippen LogP contribution in [-0.4, -0.2) is 47.6 Å². The standard InChI is InChI=1S/C13H26N2S/c1-4-12-8-14-11(2)9-15(12)10-13(16-3)6-5-7-13/h11-12,14H,4-10H2,1-3H3. The molecule has 2 unspecified atom stereocenters. The molecule has 3 heteroatoms. The van der Waals surface area contributed by atoms with Crippen molar-refractivity contribution < 1.29 is 0 Å². The van der Waals surface area contributed by atoms with E-state index >= 15 is 0 Å². The Balaban J connectivity index is 1.94. The summed E-state index contributed by atoms with van der Waals surface area (Å²) >= 11 is 2.10. The summed E-state index contributed by atoms with van der Waals surface area (Å²) in [6.45, 7) is 8.37. The van der Waals surface area contributed by atoms with Gasteiger partial charge >= 0.3 is 0 Å². The Bertz CT molecular complexity index is 222. The average Bonchev–Trinajstić information content (AvgIpc) is 2.24. The van der Waals surface area contributed by atoms with Crippen molar-refractivity contribution in [2.45, 2.75) is 56.4 Å². The fraction of sp³-hybridized carbons (Fsp3) is 1.00. The summed E-state index contributed by atoms with van der Waals surface area (Å²) in [4.78, 5) is 2.75. The van der Waals surface area contributed by atoms with Crippen molar-refractivity contribution in [2.24, 2.45) is 0 Å². The lowest BCUT2D eigenvalue weighted by atomic mass is 9.83. The average molecular weight is 242 g/mol. The quantitative estimate of drug-likeness (QED) is 0.814. The van der Waals surface area contributed by atoms with Gasteiger partial charge in [0.05, 0.1) is 0 Å². The van der Waals surface area contributed by atoms with Crippen molar-refractivity contribution in [1.29, 1.82) is 0 Å². The highest BCUT2D eigenvalue weighted by atomic mass is 32.2. The number of piperazine rings is 1. The van der Waals surface area contributed by atoms with Gasteiger partial charge < -0.3 is 5.32 Å². The summed E-state index contributed by atoms with van der Waals surface area (Å²) in [5.74, 6) is 0. The van der Waals surface area contributed by atoms with Crippen LogP contribution < -0.4 is 5.32 Å². The summed E-state index contributed by atoms with van der Waals surface area (Å²) in [5, 5.41) is 3.60. The van der Waals surface area contributed by atoms with Crippen molar-refractivity contribution in [1.82, 2.24) is 10.2 Å². The summed E-state index contributed by atoms with van der Waals surface area (Å²) in [6.07, 6.45) is 7.89. The zero-order valence-corrected chi connectivity index (χ0v) is 11.8. The van der Waals surface area contributed by atoms with Gasteiger partial charge in [0.2, 0.25) is 0 Å². The van der Waals surface area contributed by atoms with Crippen LogP contribution in [0.25, 0.3) is 0 Å². The molecule has 2 aliphatic rings. The molecule has 94 valence electrons. The molecule has 1 saturated heterocycles. The van der Waals surface area contributed by atoms with Crippen molar-refractivity contribution in [3.05, 3.63) is 0 Å². The Morgan fingerprint density at radius 2 is 2.19 bits per heavy atom. The van der Waals surface area contributed by atoms with Crippen LogP contribution in [0, 0.1) is 0 Å². The first-order valence-electron chi connectivity index (χ1n) is 6.72. The number of nitrogens with one attached hydrogen (secondary N) is 1. The maximum Gasteiger partial charge on any atom is 0.0284 e. The van der Waals surface area contributed by atoms with Crippen molar-refractivity contribution in [3.63, 3.8) is 0 Å². The van der Waals surface area contributed by atoms with Gasteiger partial charge in [-0.2, -0.15) is 11.8 Å². The molecular formula is C13H26N2S. The van der Waals surface area contributed by atoms with Crippen LogP contribution in [-0.2, 0) is 0 Å². The molecular weight excluding hydrogens is 216 g/mol. The summed E-state index contributed by atoms with van der Waals surface area (Å²) in [7, 11) is 0. The number of rotatable bonds is 4. The predicted octanol–water partition coefficient (Wildman–Crippen LogP) is 2.34. The first-order valence-corrected chi connectivity index (χ1v) is 7.94. The highest BCUT2D eigenvalue weighted by molar-refractivity contribution is 8.00. The molecule has 1 saturated carbocycles. The number of hydrogen-bond acceptors (Lipinski definition) is 3. The van der Waals surface area contributed by atoms with E-state index in [4.69, 9.17) is 0 Å². The van der Waals surface area contributed by atoms with Gasteiger partial charge in [0, 0.05) is 36.5 Å². The maximum atomic E-state index is 3.60. The molecule has 0 amide bonds. The highest BCUT2D eigenvalue weighted by Crippen LogP contribution is 2.43. The van der Waals surface area contributed by atoms with Gasteiger partial charge in [-0.25, -0.2) is 0 Å². The molecule has 2 nitrogen and oxygen atoms in total. The van der Waals surface area contributed by atoms with E-state index in [1.165, 1.54) is 45.3 Å². The van der Waals surface area contributed by atoms with Gasteiger partial charge in [-0.15, -0.1) is 0 Å². The summed E-state index contributed by atoms with van der Waals surface area (Å²) in [6, 6.07) is 1.43. The molecule has 2 atom stereocenters. The normalized spacial score (nSPS) is 34.7. The molecule has 2 fully saturated rings. The highest BCUT2D eigenvalue weighted by Gasteiger charge is 2.39. The zero-order chi connectivity index (χ0) is 11.6. The van der Waals surface area contributed by atoms with Crippen LogP contribution >= 0.6 is 11.8 Å². The third-order valence-corrected chi connectivity index (χ3v) is 5.79. The monoisotopic (exact) mass is 242 g/mol. The van der Waals surface area contributed by atoms with E-state index in [-0.39, 0.29) is 0 Å². The molecule has 16 heavy (non-hydrogen) atoms. The van der Waals surface area contributed by atoms with Gasteiger partial charge in [0.1, 0.15) is 0 Å². The van der Waals surface area contributed by atoms with Gasteiger partial charge in [0.15, 0.2) is 0 Å². The van der Waals surface area contributed by atoms with E-state index in [2.05, 4.69) is 42.1 Å². The van der Waals surface area contributed by atoms with Gasteiger partial charge in [0.25, 0.3) is 0 Å². The molecule has 0 spiro atoms. The fourth-order valence-electron chi connectivity index (χ4n) is 3.00. The molecule has 1 aliphatic carbocycles. The predicted molar refractivity (Wildman–Crippen MR) is 73.2 cm³/mol. The Morgan fingerprint density at radius 3 is 2.69 bits per heavy atom. The largest absolute Gasteiger partial charge is 0.311 e. The molecule has 0 radical (unpaired) electrons. The molecule has 0 bridgehead atoms. The van der Waals surface area contributed by atoms with Crippen LogP contribution in [0.5, 0.6) is 0 Å². The lowest BCUT2D eigenvalue weighted by molar-refractivity contribution is 0.102. The van der Waals surface area contributed by atoms with Gasteiger partial charge in [-0.1, -0.05) is 13.3 Å². The first kappa shape index (κ1) is 12.7. The first-order chi connectivity index (χ1) is 7.69. The smallest absolute Gasteiger partial charge is 0.0284 e. The van der Waals surface area contributed by atoms with Crippen LogP contribution in [0.4, 0.5) is 0 Å². The van der Waals surface area contributed by atoms with Crippen LogP contribution in [0.15, 0.2) is 0 Å². The van der Waals surface area contributed by atoms with E-state index in [1.807, 2.05) is 0 Å². The van der Waals surface area contributed by atoms with E-state index in [1.54, 1.807) is 0 Å². The summed E-state index contributed by atoms with van der Waals surface area (Å²) in [5.41, 5.74) is 0. The van der Waals surface area contributed by atoms with E-state index in [0.717, 1.165) is 6.04 Å². The lowest BCUT2D eigenvalue weighted by Crippen LogP contribution is -2.59. The second-order valence-electron chi connectivity index (χ2n) is 5.54. The fourth-order valence-corrected chi connectivity index (χ4v) is 3.99. The Labute approximate surface area is 105 Å². The molecule has 0 aromatic heterocycles. The lowest BCUT2D eigenvalue weighted by Gasteiger charge is -2.48. The second-order valence-corrected chi connectivity index (χ2v) is 6.82. The third-order valence-electron chi connectivity index (χ3n) is 4.39. The molecule has 2 rings (SSSR count). The van der Waals surface area contributed by atoms with E-state index < -0.39 is 0 Å². The van der Waals surface area contributed by atoms with Gasteiger partial charge in [-0.05, 0) is 32.4 Å². The van der Waals surface area contributed by atoms with Crippen LogP contribution in [0.3, 0.4) is 0 Å². The molecule has 1 heterocycles. The molecule has 1 N–H and O–H groups in total. The minimum atomic E-state index is 0.602. The van der Waals surface area contributed by atoms with Crippen LogP contribution in [0.2, 0.25) is 0 Å². The minimum Gasteiger partial charge on any atom is -0.311 e. The maximum absolute atomic E-state index is 3.60. The third kappa shape index (κ3) is 2.57. The summed E-state index contributed by atoms with van der Waals surface area (Å²) < 4.78 is 0.602. The van der Waals surface area contributed by atoms with E-state index in [0.29, 0.717) is 10.8 Å². The molecule has 0 aromatic rings. The Kier molecular flexibility index (Phi) is 4.20. The second kappa shape index (κ2) is 5.28. The van der Waals surface area contributed by atoms with Gasteiger partial charge in [-0.3, -0.25) is 4.90 Å². The topological polar surface area (TPSA) is 15.3 Å². The Morgan fingerprint density at radius 1 is 1.44 bits per heavy atom. The number of thioether (sulfide) groups is 1.